The van der Waals surface area contributed by atoms with Gasteiger partial charge in [0.25, 0.3) is 5.91 Å². The van der Waals surface area contributed by atoms with E-state index in [0.717, 1.165) is 10.5 Å². The van der Waals surface area contributed by atoms with Crippen LogP contribution < -0.4 is 11.1 Å². The third kappa shape index (κ3) is 3.16. The van der Waals surface area contributed by atoms with Crippen molar-refractivity contribution in [3.05, 3.63) is 56.5 Å². The van der Waals surface area contributed by atoms with Crippen LogP contribution in [0.2, 0.25) is 0 Å². The molecule has 0 spiro atoms. The topological polar surface area (TPSA) is 55.1 Å². The van der Waals surface area contributed by atoms with Crippen molar-refractivity contribution in [3.8, 4) is 0 Å². The number of carbonyl (C=O) groups excluding carboxylic acids is 1. The van der Waals surface area contributed by atoms with Crippen molar-refractivity contribution in [1.29, 1.82) is 0 Å². The molecule has 0 unspecified atom stereocenters. The Bertz CT molecular complexity index is 692. The number of nitrogen functional groups attached to an aromatic ring is 1. The molecule has 2 rings (SSSR count). The van der Waals surface area contributed by atoms with Gasteiger partial charge in [-0.15, -0.1) is 0 Å². The van der Waals surface area contributed by atoms with Gasteiger partial charge in [0.15, 0.2) is 0 Å². The van der Waals surface area contributed by atoms with Gasteiger partial charge >= 0.3 is 0 Å². The SMILES string of the molecule is Nc1cc(NC(=O)c2ccc(Br)cc2Br)c(F)cc1F. The van der Waals surface area contributed by atoms with Gasteiger partial charge in [-0.05, 0) is 40.2 Å². The van der Waals surface area contributed by atoms with Crippen LogP contribution in [0.4, 0.5) is 20.2 Å². The van der Waals surface area contributed by atoms with Crippen molar-refractivity contribution < 1.29 is 13.6 Å². The number of amides is 1. The normalized spacial score (nSPS) is 10.4. The van der Waals surface area contributed by atoms with E-state index in [1.807, 2.05) is 0 Å². The number of carbonyl (C=O) groups is 1. The van der Waals surface area contributed by atoms with E-state index in [4.69, 9.17) is 5.73 Å². The van der Waals surface area contributed by atoms with Crippen LogP contribution in [0.15, 0.2) is 39.3 Å². The predicted molar refractivity (Wildman–Crippen MR) is 80.6 cm³/mol. The standard InChI is InChI=1S/C13H8Br2F2N2O/c14-6-1-2-7(8(15)3-6)13(20)19-12-5-11(18)9(16)4-10(12)17/h1-5H,18H2,(H,19,20). The number of anilines is 2. The van der Waals surface area contributed by atoms with Gasteiger partial charge in [-0.2, -0.15) is 0 Å². The lowest BCUT2D eigenvalue weighted by Crippen LogP contribution is -2.14. The maximum Gasteiger partial charge on any atom is 0.256 e. The van der Waals surface area contributed by atoms with Gasteiger partial charge in [0, 0.05) is 15.0 Å². The number of hydrogen-bond acceptors (Lipinski definition) is 2. The monoisotopic (exact) mass is 404 g/mol. The minimum absolute atomic E-state index is 0.177. The molecule has 1 amide bonds. The minimum Gasteiger partial charge on any atom is -0.396 e. The fourth-order valence-corrected chi connectivity index (χ4v) is 2.75. The van der Waals surface area contributed by atoms with Gasteiger partial charge < -0.3 is 11.1 Å². The first-order valence-corrected chi connectivity index (χ1v) is 6.98. The summed E-state index contributed by atoms with van der Waals surface area (Å²) in [4.78, 5) is 12.0. The molecule has 104 valence electrons. The molecule has 0 saturated carbocycles. The van der Waals surface area contributed by atoms with E-state index in [1.165, 1.54) is 0 Å². The van der Waals surface area contributed by atoms with Crippen LogP contribution in [-0.2, 0) is 0 Å². The van der Waals surface area contributed by atoms with E-state index in [1.54, 1.807) is 18.2 Å². The maximum atomic E-state index is 13.5. The zero-order valence-electron chi connectivity index (χ0n) is 9.88. The molecular weight excluding hydrogens is 398 g/mol. The van der Waals surface area contributed by atoms with Crippen molar-refractivity contribution in [1.82, 2.24) is 0 Å². The zero-order valence-corrected chi connectivity index (χ0v) is 13.1. The lowest BCUT2D eigenvalue weighted by molar-refractivity contribution is 0.102. The first kappa shape index (κ1) is 14.9. The van der Waals surface area contributed by atoms with Gasteiger partial charge in [0.05, 0.1) is 16.9 Å². The van der Waals surface area contributed by atoms with Crippen molar-refractivity contribution >= 4 is 49.1 Å². The summed E-state index contributed by atoms with van der Waals surface area (Å²) < 4.78 is 27.9. The van der Waals surface area contributed by atoms with Crippen molar-refractivity contribution in [2.75, 3.05) is 11.1 Å². The highest BCUT2D eigenvalue weighted by Crippen LogP contribution is 2.25. The minimum atomic E-state index is -0.890. The molecule has 2 aromatic rings. The maximum absolute atomic E-state index is 13.5. The molecule has 20 heavy (non-hydrogen) atoms. The summed E-state index contributed by atoms with van der Waals surface area (Å²) in [6.07, 6.45) is 0. The molecule has 3 N–H and O–H groups in total. The Labute approximate surface area is 130 Å². The number of halogens is 4. The molecule has 0 heterocycles. The van der Waals surface area contributed by atoms with Crippen LogP contribution in [0.5, 0.6) is 0 Å². The van der Waals surface area contributed by atoms with Gasteiger partial charge in [-0.3, -0.25) is 4.79 Å². The summed E-state index contributed by atoms with van der Waals surface area (Å²) in [5, 5.41) is 2.35. The molecule has 0 aliphatic carbocycles. The second-order valence-electron chi connectivity index (χ2n) is 3.93. The average Bonchev–Trinajstić information content (AvgIpc) is 2.35. The number of nitrogens with two attached hydrogens (primary N) is 1. The van der Waals surface area contributed by atoms with Crippen LogP contribution in [0.25, 0.3) is 0 Å². The fourth-order valence-electron chi connectivity index (χ4n) is 1.52. The molecular formula is C13H8Br2F2N2O. The summed E-state index contributed by atoms with van der Waals surface area (Å²) in [7, 11) is 0. The summed E-state index contributed by atoms with van der Waals surface area (Å²) in [5.74, 6) is -2.29. The fraction of sp³-hybridized carbons (Fsp3) is 0. The van der Waals surface area contributed by atoms with Crippen molar-refractivity contribution in [2.24, 2.45) is 0 Å². The van der Waals surface area contributed by atoms with Gasteiger partial charge in [-0.25, -0.2) is 8.78 Å². The van der Waals surface area contributed by atoms with E-state index >= 15 is 0 Å². The number of hydrogen-bond donors (Lipinski definition) is 2. The number of nitrogens with one attached hydrogen (secondary N) is 1. The van der Waals surface area contributed by atoms with E-state index in [-0.39, 0.29) is 11.4 Å². The van der Waals surface area contributed by atoms with E-state index in [9.17, 15) is 13.6 Å². The predicted octanol–water partition coefficient (Wildman–Crippen LogP) is 4.32. The molecule has 0 bridgehead atoms. The third-order valence-electron chi connectivity index (χ3n) is 2.51. The highest BCUT2D eigenvalue weighted by Gasteiger charge is 2.14. The molecule has 0 aliphatic rings. The van der Waals surface area contributed by atoms with Crippen LogP contribution in [0.1, 0.15) is 10.4 Å². The Morgan fingerprint density at radius 2 is 1.80 bits per heavy atom. The van der Waals surface area contributed by atoms with Crippen LogP contribution in [0.3, 0.4) is 0 Å². The Morgan fingerprint density at radius 1 is 1.10 bits per heavy atom. The van der Waals surface area contributed by atoms with E-state index < -0.39 is 17.5 Å². The molecule has 0 aromatic heterocycles. The quantitative estimate of drug-likeness (QED) is 0.731. The third-order valence-corrected chi connectivity index (χ3v) is 3.66. The first-order valence-electron chi connectivity index (χ1n) is 5.39. The number of rotatable bonds is 2. The van der Waals surface area contributed by atoms with Gasteiger partial charge in [-0.1, -0.05) is 15.9 Å². The Morgan fingerprint density at radius 3 is 2.45 bits per heavy atom. The lowest BCUT2D eigenvalue weighted by atomic mass is 10.2. The molecule has 2 aromatic carbocycles. The largest absolute Gasteiger partial charge is 0.396 e. The van der Waals surface area contributed by atoms with Crippen LogP contribution in [-0.4, -0.2) is 5.91 Å². The summed E-state index contributed by atoms with van der Waals surface area (Å²) in [6, 6.07) is 6.59. The Hall–Kier alpha value is -1.47. The molecule has 3 nitrogen and oxygen atoms in total. The molecule has 0 atom stereocenters. The van der Waals surface area contributed by atoms with E-state index in [2.05, 4.69) is 37.2 Å². The highest BCUT2D eigenvalue weighted by atomic mass is 79.9. The smallest absolute Gasteiger partial charge is 0.256 e. The van der Waals surface area contributed by atoms with Gasteiger partial charge in [0.1, 0.15) is 11.6 Å². The molecule has 0 saturated heterocycles. The summed E-state index contributed by atoms with van der Waals surface area (Å²) in [5.41, 5.74) is 5.24. The number of benzene rings is 2. The highest BCUT2D eigenvalue weighted by molar-refractivity contribution is 9.11. The second-order valence-corrected chi connectivity index (χ2v) is 5.70. The first-order chi connectivity index (χ1) is 9.38. The molecule has 7 heteroatoms. The molecule has 0 radical (unpaired) electrons. The summed E-state index contributed by atoms with van der Waals surface area (Å²) >= 11 is 6.50. The Kier molecular flexibility index (Phi) is 4.39. The van der Waals surface area contributed by atoms with Crippen molar-refractivity contribution in [3.63, 3.8) is 0 Å². The molecule has 0 fully saturated rings. The summed E-state index contributed by atoms with van der Waals surface area (Å²) in [6.45, 7) is 0. The second kappa shape index (κ2) is 5.88. The van der Waals surface area contributed by atoms with Crippen molar-refractivity contribution in [2.45, 2.75) is 0 Å². The average molecular weight is 406 g/mol. The van der Waals surface area contributed by atoms with Gasteiger partial charge in [0.2, 0.25) is 0 Å². The van der Waals surface area contributed by atoms with E-state index in [0.29, 0.717) is 16.1 Å². The molecule has 0 aliphatic heterocycles. The Balaban J connectivity index is 2.30. The van der Waals surface area contributed by atoms with Crippen LogP contribution >= 0.6 is 31.9 Å². The zero-order chi connectivity index (χ0) is 14.9. The lowest BCUT2D eigenvalue weighted by Gasteiger charge is -2.09. The van der Waals surface area contributed by atoms with Crippen LogP contribution in [0, 0.1) is 11.6 Å².